The van der Waals surface area contributed by atoms with Crippen molar-refractivity contribution in [3.8, 4) is 0 Å². The Labute approximate surface area is 77.6 Å². The van der Waals surface area contributed by atoms with Gasteiger partial charge in [-0.3, -0.25) is 0 Å². The number of aromatic nitrogens is 3. The van der Waals surface area contributed by atoms with Crippen molar-refractivity contribution in [1.82, 2.24) is 14.8 Å². The minimum atomic E-state index is 0.446. The van der Waals surface area contributed by atoms with Gasteiger partial charge in [0.1, 0.15) is 6.33 Å². The Morgan fingerprint density at radius 2 is 2.00 bits per heavy atom. The predicted octanol–water partition coefficient (Wildman–Crippen LogP) is 2.36. The first-order chi connectivity index (χ1) is 5.61. The van der Waals surface area contributed by atoms with Crippen molar-refractivity contribution in [3.05, 3.63) is 6.33 Å². The summed E-state index contributed by atoms with van der Waals surface area (Å²) in [6.45, 7) is 8.58. The van der Waals surface area contributed by atoms with Crippen molar-refractivity contribution in [2.75, 3.05) is 0 Å². The highest BCUT2D eigenvalue weighted by molar-refractivity contribution is 7.99. The summed E-state index contributed by atoms with van der Waals surface area (Å²) in [5.74, 6) is 0. The van der Waals surface area contributed by atoms with Crippen LogP contribution in [0.15, 0.2) is 11.5 Å². The first kappa shape index (κ1) is 9.58. The smallest absolute Gasteiger partial charge is 0.191 e. The lowest BCUT2D eigenvalue weighted by molar-refractivity contribution is 0.549. The second kappa shape index (κ2) is 3.94. The van der Waals surface area contributed by atoms with Gasteiger partial charge in [-0.15, -0.1) is 10.2 Å². The van der Waals surface area contributed by atoms with Gasteiger partial charge in [-0.1, -0.05) is 25.6 Å². The fourth-order valence-electron chi connectivity index (χ4n) is 0.881. The van der Waals surface area contributed by atoms with Crippen LogP contribution in [0.2, 0.25) is 0 Å². The van der Waals surface area contributed by atoms with Gasteiger partial charge in [-0.25, -0.2) is 0 Å². The van der Waals surface area contributed by atoms with E-state index in [1.54, 1.807) is 18.1 Å². The molecule has 0 bridgehead atoms. The Morgan fingerprint density at radius 1 is 1.33 bits per heavy atom. The van der Waals surface area contributed by atoms with Crippen LogP contribution in [0, 0.1) is 0 Å². The molecule has 0 aliphatic rings. The molecule has 1 aromatic rings. The normalized spacial score (nSPS) is 11.5. The number of rotatable bonds is 3. The second-order valence-electron chi connectivity index (χ2n) is 3.28. The minimum absolute atomic E-state index is 0.446. The Kier molecular flexibility index (Phi) is 3.14. The molecule has 0 saturated carbocycles. The zero-order valence-corrected chi connectivity index (χ0v) is 8.80. The van der Waals surface area contributed by atoms with E-state index in [4.69, 9.17) is 0 Å². The van der Waals surface area contributed by atoms with Crippen LogP contribution in [0.1, 0.15) is 33.7 Å². The van der Waals surface area contributed by atoms with E-state index in [0.29, 0.717) is 11.3 Å². The number of hydrogen-bond acceptors (Lipinski definition) is 3. The topological polar surface area (TPSA) is 30.7 Å². The zero-order valence-electron chi connectivity index (χ0n) is 7.98. The first-order valence-electron chi connectivity index (χ1n) is 4.17. The molecule has 0 aliphatic carbocycles. The van der Waals surface area contributed by atoms with Gasteiger partial charge in [0.05, 0.1) is 0 Å². The Hall–Kier alpha value is -0.510. The van der Waals surface area contributed by atoms with Crippen LogP contribution in [0.3, 0.4) is 0 Å². The van der Waals surface area contributed by atoms with Crippen molar-refractivity contribution < 1.29 is 0 Å². The molecule has 12 heavy (non-hydrogen) atoms. The summed E-state index contributed by atoms with van der Waals surface area (Å²) in [5.41, 5.74) is 0. The molecule has 1 heterocycles. The van der Waals surface area contributed by atoms with E-state index in [1.165, 1.54) is 0 Å². The van der Waals surface area contributed by atoms with Crippen LogP contribution in [-0.2, 0) is 0 Å². The van der Waals surface area contributed by atoms with Gasteiger partial charge in [-0.05, 0) is 13.8 Å². The van der Waals surface area contributed by atoms with Crippen molar-refractivity contribution in [2.24, 2.45) is 0 Å². The molecule has 0 atom stereocenters. The molecule has 0 spiro atoms. The van der Waals surface area contributed by atoms with E-state index in [1.807, 2.05) is 0 Å². The highest BCUT2D eigenvalue weighted by Gasteiger charge is 2.08. The highest BCUT2D eigenvalue weighted by Crippen LogP contribution is 2.22. The average Bonchev–Trinajstić information content (AvgIpc) is 2.33. The van der Waals surface area contributed by atoms with E-state index < -0.39 is 0 Å². The third-order valence-corrected chi connectivity index (χ3v) is 2.41. The van der Waals surface area contributed by atoms with Gasteiger partial charge in [0.25, 0.3) is 0 Å². The maximum atomic E-state index is 4.05. The van der Waals surface area contributed by atoms with Crippen LogP contribution in [0.4, 0.5) is 0 Å². The maximum Gasteiger partial charge on any atom is 0.191 e. The molecule has 0 N–H and O–H groups in total. The Balaban J connectivity index is 2.77. The monoisotopic (exact) mass is 185 g/mol. The molecule has 68 valence electrons. The number of hydrogen-bond donors (Lipinski definition) is 0. The van der Waals surface area contributed by atoms with Crippen molar-refractivity contribution in [3.63, 3.8) is 0 Å². The molecular weight excluding hydrogens is 170 g/mol. The number of nitrogens with zero attached hydrogens (tertiary/aromatic N) is 3. The number of thioether (sulfide) groups is 1. The second-order valence-corrected chi connectivity index (χ2v) is 4.82. The lowest BCUT2D eigenvalue weighted by Gasteiger charge is -2.10. The van der Waals surface area contributed by atoms with Crippen molar-refractivity contribution in [2.45, 2.75) is 44.1 Å². The molecule has 0 aromatic carbocycles. The maximum absolute atomic E-state index is 4.05. The molecule has 1 rings (SSSR count). The largest absolute Gasteiger partial charge is 0.306 e. The van der Waals surface area contributed by atoms with Crippen LogP contribution < -0.4 is 0 Å². The molecule has 0 aliphatic heterocycles. The molecule has 4 heteroatoms. The van der Waals surface area contributed by atoms with Crippen LogP contribution in [0.5, 0.6) is 0 Å². The zero-order chi connectivity index (χ0) is 9.14. The van der Waals surface area contributed by atoms with Crippen molar-refractivity contribution in [1.29, 1.82) is 0 Å². The van der Waals surface area contributed by atoms with Gasteiger partial charge in [0.15, 0.2) is 5.16 Å². The van der Waals surface area contributed by atoms with Gasteiger partial charge in [-0.2, -0.15) is 0 Å². The van der Waals surface area contributed by atoms with Gasteiger partial charge in [0, 0.05) is 11.3 Å². The fraction of sp³-hybridized carbons (Fsp3) is 0.750. The molecule has 3 nitrogen and oxygen atoms in total. The summed E-state index contributed by atoms with van der Waals surface area (Å²) < 4.78 is 2.09. The molecule has 0 fully saturated rings. The lowest BCUT2D eigenvalue weighted by atomic mass is 10.4. The molecule has 0 unspecified atom stereocenters. The summed E-state index contributed by atoms with van der Waals surface area (Å²) in [5, 5.41) is 9.52. The molecule has 0 radical (unpaired) electrons. The predicted molar refractivity (Wildman–Crippen MR) is 51.4 cm³/mol. The Bertz CT molecular complexity index is 242. The SMILES string of the molecule is CC(C)Sc1nncn1C(C)C. The fourth-order valence-corrected chi connectivity index (χ4v) is 1.78. The third kappa shape index (κ3) is 2.24. The molecule has 1 aromatic heterocycles. The molecule has 0 saturated heterocycles. The average molecular weight is 185 g/mol. The van der Waals surface area contributed by atoms with E-state index in [-0.39, 0.29) is 0 Å². The quantitative estimate of drug-likeness (QED) is 0.677. The summed E-state index contributed by atoms with van der Waals surface area (Å²) >= 11 is 1.75. The van der Waals surface area contributed by atoms with Crippen LogP contribution in [-0.4, -0.2) is 20.0 Å². The highest BCUT2D eigenvalue weighted by atomic mass is 32.2. The van der Waals surface area contributed by atoms with E-state index in [9.17, 15) is 0 Å². The Morgan fingerprint density at radius 3 is 2.50 bits per heavy atom. The summed E-state index contributed by atoms with van der Waals surface area (Å²) in [6.07, 6.45) is 1.79. The lowest BCUT2D eigenvalue weighted by Crippen LogP contribution is -2.02. The van der Waals surface area contributed by atoms with Crippen LogP contribution >= 0.6 is 11.8 Å². The molecular formula is C8H15N3S. The van der Waals surface area contributed by atoms with Gasteiger partial charge >= 0.3 is 0 Å². The van der Waals surface area contributed by atoms with Crippen LogP contribution in [0.25, 0.3) is 0 Å². The first-order valence-corrected chi connectivity index (χ1v) is 5.05. The van der Waals surface area contributed by atoms with E-state index >= 15 is 0 Å². The standard InChI is InChI=1S/C8H15N3S/c1-6(2)11-5-9-10-8(11)12-7(3)4/h5-7H,1-4H3. The summed E-state index contributed by atoms with van der Waals surface area (Å²) in [7, 11) is 0. The van der Waals surface area contributed by atoms with Gasteiger partial charge < -0.3 is 4.57 Å². The minimum Gasteiger partial charge on any atom is -0.306 e. The van der Waals surface area contributed by atoms with E-state index in [0.717, 1.165) is 5.16 Å². The van der Waals surface area contributed by atoms with E-state index in [2.05, 4.69) is 42.5 Å². The summed E-state index contributed by atoms with van der Waals surface area (Å²) in [4.78, 5) is 0. The van der Waals surface area contributed by atoms with Gasteiger partial charge in [0.2, 0.25) is 0 Å². The third-order valence-electron chi connectivity index (χ3n) is 1.44. The molecule has 0 amide bonds. The van der Waals surface area contributed by atoms with Crippen molar-refractivity contribution >= 4 is 11.8 Å². The summed E-state index contributed by atoms with van der Waals surface area (Å²) in [6, 6.07) is 0.446.